The molecule has 0 amide bonds. The second-order valence-electron chi connectivity index (χ2n) is 5.19. The minimum absolute atomic E-state index is 0.204. The summed E-state index contributed by atoms with van der Waals surface area (Å²) in [4.78, 5) is 13.1. The molecule has 6 heteroatoms. The van der Waals surface area contributed by atoms with Crippen LogP contribution in [0.1, 0.15) is 6.42 Å². The van der Waals surface area contributed by atoms with Crippen molar-refractivity contribution in [3.05, 3.63) is 42.5 Å². The van der Waals surface area contributed by atoms with Gasteiger partial charge in [0.25, 0.3) is 5.88 Å². The molecule has 3 rings (SSSR count). The molecule has 0 N–H and O–H groups in total. The van der Waals surface area contributed by atoms with E-state index < -0.39 is 0 Å². The van der Waals surface area contributed by atoms with Crippen molar-refractivity contribution in [2.24, 2.45) is 0 Å². The van der Waals surface area contributed by atoms with Crippen molar-refractivity contribution >= 4 is 11.5 Å². The molecule has 0 saturated carbocycles. The number of anilines is 2. The maximum Gasteiger partial charge on any atom is 0.257 e. The molecule has 5 nitrogen and oxygen atoms in total. The molecule has 1 saturated heterocycles. The summed E-state index contributed by atoms with van der Waals surface area (Å²) in [5, 5.41) is 0. The SMILES string of the molecule is COc1nccnc1N1CCCN(c2ccc(F)cc2)CC1. The molecule has 1 aromatic heterocycles. The van der Waals surface area contributed by atoms with Gasteiger partial charge in [0.1, 0.15) is 5.82 Å². The zero-order valence-corrected chi connectivity index (χ0v) is 12.6. The molecule has 116 valence electrons. The summed E-state index contributed by atoms with van der Waals surface area (Å²) < 4.78 is 18.3. The lowest BCUT2D eigenvalue weighted by Gasteiger charge is -2.24. The first-order valence-electron chi connectivity index (χ1n) is 7.38. The zero-order valence-electron chi connectivity index (χ0n) is 12.6. The molecule has 2 heterocycles. The molecule has 1 aliphatic rings. The Bertz CT molecular complexity index is 620. The molecule has 0 aliphatic carbocycles. The monoisotopic (exact) mass is 302 g/mol. The largest absolute Gasteiger partial charge is 0.478 e. The van der Waals surface area contributed by atoms with Gasteiger partial charge in [0.05, 0.1) is 7.11 Å². The van der Waals surface area contributed by atoms with Crippen LogP contribution in [0, 0.1) is 5.82 Å². The van der Waals surface area contributed by atoms with Gasteiger partial charge in [-0.25, -0.2) is 14.4 Å². The van der Waals surface area contributed by atoms with Crippen molar-refractivity contribution in [1.82, 2.24) is 9.97 Å². The Balaban J connectivity index is 1.73. The summed E-state index contributed by atoms with van der Waals surface area (Å²) in [5.41, 5.74) is 1.05. The Labute approximate surface area is 129 Å². The van der Waals surface area contributed by atoms with Crippen molar-refractivity contribution in [3.63, 3.8) is 0 Å². The van der Waals surface area contributed by atoms with Gasteiger partial charge in [-0.15, -0.1) is 0 Å². The van der Waals surface area contributed by atoms with Gasteiger partial charge in [-0.2, -0.15) is 0 Å². The number of aromatic nitrogens is 2. The molecule has 0 spiro atoms. The van der Waals surface area contributed by atoms with Gasteiger partial charge in [-0.3, -0.25) is 0 Å². The van der Waals surface area contributed by atoms with Crippen molar-refractivity contribution < 1.29 is 9.13 Å². The smallest absolute Gasteiger partial charge is 0.257 e. The summed E-state index contributed by atoms with van der Waals surface area (Å²) >= 11 is 0. The van der Waals surface area contributed by atoms with Crippen LogP contribution in [0.2, 0.25) is 0 Å². The Kier molecular flexibility index (Phi) is 4.37. The van der Waals surface area contributed by atoms with E-state index in [-0.39, 0.29) is 5.82 Å². The van der Waals surface area contributed by atoms with Crippen LogP contribution in [0.5, 0.6) is 5.88 Å². The van der Waals surface area contributed by atoms with Crippen LogP contribution in [0.15, 0.2) is 36.7 Å². The van der Waals surface area contributed by atoms with E-state index in [0.29, 0.717) is 5.88 Å². The molecular formula is C16H19FN4O. The molecule has 2 aromatic rings. The van der Waals surface area contributed by atoms with Crippen LogP contribution in [0.3, 0.4) is 0 Å². The first kappa shape index (κ1) is 14.6. The third-order valence-corrected chi connectivity index (χ3v) is 3.83. The number of nitrogens with zero attached hydrogens (tertiary/aromatic N) is 4. The van der Waals surface area contributed by atoms with Gasteiger partial charge >= 0.3 is 0 Å². The van der Waals surface area contributed by atoms with E-state index in [4.69, 9.17) is 4.74 Å². The highest BCUT2D eigenvalue weighted by Gasteiger charge is 2.19. The molecule has 1 aliphatic heterocycles. The summed E-state index contributed by atoms with van der Waals surface area (Å²) in [7, 11) is 1.61. The Morgan fingerprint density at radius 2 is 1.64 bits per heavy atom. The van der Waals surface area contributed by atoms with Crippen molar-refractivity contribution in [2.45, 2.75) is 6.42 Å². The van der Waals surface area contributed by atoms with Crippen LogP contribution in [-0.4, -0.2) is 43.3 Å². The molecule has 1 aromatic carbocycles. The first-order chi connectivity index (χ1) is 10.8. The number of rotatable bonds is 3. The highest BCUT2D eigenvalue weighted by atomic mass is 19.1. The van der Waals surface area contributed by atoms with E-state index in [9.17, 15) is 4.39 Å². The number of methoxy groups -OCH3 is 1. The lowest BCUT2D eigenvalue weighted by Crippen LogP contribution is -2.31. The molecule has 1 fully saturated rings. The lowest BCUT2D eigenvalue weighted by atomic mass is 10.2. The van der Waals surface area contributed by atoms with Gasteiger partial charge in [-0.1, -0.05) is 0 Å². The van der Waals surface area contributed by atoms with Crippen molar-refractivity contribution in [1.29, 1.82) is 0 Å². The number of ether oxygens (including phenoxy) is 1. The number of benzene rings is 1. The van der Waals surface area contributed by atoms with Crippen LogP contribution in [-0.2, 0) is 0 Å². The number of hydrogen-bond acceptors (Lipinski definition) is 5. The average Bonchev–Trinajstić information content (AvgIpc) is 2.81. The van der Waals surface area contributed by atoms with E-state index in [0.717, 1.165) is 44.1 Å². The zero-order chi connectivity index (χ0) is 15.4. The Hall–Kier alpha value is -2.37. The van der Waals surface area contributed by atoms with Gasteiger partial charge in [-0.05, 0) is 30.7 Å². The first-order valence-corrected chi connectivity index (χ1v) is 7.38. The fourth-order valence-corrected chi connectivity index (χ4v) is 2.72. The minimum Gasteiger partial charge on any atom is -0.478 e. The van der Waals surface area contributed by atoms with E-state index >= 15 is 0 Å². The van der Waals surface area contributed by atoms with Crippen molar-refractivity contribution in [3.8, 4) is 5.88 Å². The maximum absolute atomic E-state index is 13.0. The highest BCUT2D eigenvalue weighted by molar-refractivity contribution is 5.50. The third kappa shape index (κ3) is 3.10. The lowest BCUT2D eigenvalue weighted by molar-refractivity contribution is 0.395. The van der Waals surface area contributed by atoms with Gasteiger partial charge in [0, 0.05) is 44.3 Å². The predicted octanol–water partition coefficient (Wildman–Crippen LogP) is 2.34. The average molecular weight is 302 g/mol. The molecule has 0 bridgehead atoms. The molecule has 22 heavy (non-hydrogen) atoms. The molecule has 0 unspecified atom stereocenters. The fraction of sp³-hybridized carbons (Fsp3) is 0.375. The minimum atomic E-state index is -0.204. The topological polar surface area (TPSA) is 41.5 Å². The molecule has 0 radical (unpaired) electrons. The van der Waals surface area contributed by atoms with E-state index in [1.54, 1.807) is 19.5 Å². The Morgan fingerprint density at radius 1 is 0.955 bits per heavy atom. The second-order valence-corrected chi connectivity index (χ2v) is 5.19. The van der Waals surface area contributed by atoms with E-state index in [1.165, 1.54) is 12.1 Å². The van der Waals surface area contributed by atoms with E-state index in [2.05, 4.69) is 19.8 Å². The fourth-order valence-electron chi connectivity index (χ4n) is 2.72. The number of hydrogen-bond donors (Lipinski definition) is 0. The summed E-state index contributed by atoms with van der Waals surface area (Å²) in [6, 6.07) is 6.66. The predicted molar refractivity (Wildman–Crippen MR) is 84.0 cm³/mol. The quantitative estimate of drug-likeness (QED) is 0.870. The third-order valence-electron chi connectivity index (χ3n) is 3.83. The Morgan fingerprint density at radius 3 is 2.41 bits per heavy atom. The van der Waals surface area contributed by atoms with Crippen molar-refractivity contribution in [2.75, 3.05) is 43.1 Å². The van der Waals surface area contributed by atoms with Crippen LogP contribution in [0.4, 0.5) is 15.9 Å². The molecular weight excluding hydrogens is 283 g/mol. The normalized spacial score (nSPS) is 15.5. The maximum atomic E-state index is 13.0. The van der Waals surface area contributed by atoms with Gasteiger partial charge in [0.2, 0.25) is 0 Å². The van der Waals surface area contributed by atoms with Crippen LogP contribution in [0.25, 0.3) is 0 Å². The van der Waals surface area contributed by atoms with Crippen LogP contribution < -0.4 is 14.5 Å². The second kappa shape index (κ2) is 6.60. The number of halogens is 1. The highest BCUT2D eigenvalue weighted by Crippen LogP contribution is 2.24. The summed E-state index contributed by atoms with van der Waals surface area (Å²) in [5.74, 6) is 1.13. The standard InChI is InChI=1S/C16H19FN4O/c1-22-16-15(18-7-8-19-16)21-10-2-9-20(11-12-21)14-5-3-13(17)4-6-14/h3-8H,2,9-12H2,1H3. The summed E-state index contributed by atoms with van der Waals surface area (Å²) in [6.45, 7) is 3.51. The van der Waals surface area contributed by atoms with Gasteiger partial charge < -0.3 is 14.5 Å². The van der Waals surface area contributed by atoms with Crippen LogP contribution >= 0.6 is 0 Å². The van der Waals surface area contributed by atoms with E-state index in [1.807, 2.05) is 12.1 Å². The molecule has 0 atom stereocenters. The van der Waals surface area contributed by atoms with Gasteiger partial charge in [0.15, 0.2) is 5.82 Å². The summed E-state index contributed by atoms with van der Waals surface area (Å²) in [6.07, 6.45) is 4.31.